The molecule has 0 unspecified atom stereocenters. The van der Waals surface area contributed by atoms with Crippen LogP contribution in [0.25, 0.3) is 0 Å². The Morgan fingerprint density at radius 2 is 1.81 bits per heavy atom. The van der Waals surface area contributed by atoms with E-state index in [4.69, 9.17) is 0 Å². The highest BCUT2D eigenvalue weighted by Crippen LogP contribution is 2.29. The van der Waals surface area contributed by atoms with Gasteiger partial charge in [0.15, 0.2) is 5.78 Å². The molecule has 0 saturated carbocycles. The molecule has 1 aromatic rings. The van der Waals surface area contributed by atoms with Crippen molar-refractivity contribution >= 4 is 23.4 Å². The van der Waals surface area contributed by atoms with Crippen LogP contribution in [0.15, 0.2) is 35.9 Å². The zero-order valence-corrected chi connectivity index (χ0v) is 16.2. The summed E-state index contributed by atoms with van der Waals surface area (Å²) >= 11 is 0. The summed E-state index contributed by atoms with van der Waals surface area (Å²) in [6.07, 6.45) is 3.84. The van der Waals surface area contributed by atoms with Gasteiger partial charge in [-0.1, -0.05) is 11.6 Å². The third-order valence-corrected chi connectivity index (χ3v) is 5.32. The number of hydrogen-bond donors (Lipinski definition) is 1. The van der Waals surface area contributed by atoms with Gasteiger partial charge in [0.1, 0.15) is 0 Å². The predicted molar refractivity (Wildman–Crippen MR) is 105 cm³/mol. The summed E-state index contributed by atoms with van der Waals surface area (Å²) in [6.45, 7) is 7.19. The number of carbonyl (C=O) groups excluding carboxylic acids is 3. The van der Waals surface area contributed by atoms with Crippen molar-refractivity contribution in [1.29, 1.82) is 0 Å². The number of urea groups is 1. The first-order valence-electron chi connectivity index (χ1n) is 9.46. The van der Waals surface area contributed by atoms with Crippen LogP contribution in [0.4, 0.5) is 10.5 Å². The number of fused-ring (bicyclic) bond motifs is 4. The molecular formula is C21H27N3O3. The summed E-state index contributed by atoms with van der Waals surface area (Å²) in [7, 11) is 0. The van der Waals surface area contributed by atoms with Gasteiger partial charge in [-0.05, 0) is 57.9 Å². The van der Waals surface area contributed by atoms with Crippen molar-refractivity contribution in [2.75, 3.05) is 25.0 Å². The molecule has 0 spiro atoms. The third-order valence-electron chi connectivity index (χ3n) is 5.32. The predicted octanol–water partition coefficient (Wildman–Crippen LogP) is 3.31. The van der Waals surface area contributed by atoms with E-state index in [2.05, 4.69) is 11.4 Å². The minimum absolute atomic E-state index is 0.00746. The fourth-order valence-electron chi connectivity index (χ4n) is 3.72. The number of allylic oxidation sites excluding steroid dienone is 1. The Morgan fingerprint density at radius 1 is 1.11 bits per heavy atom. The van der Waals surface area contributed by atoms with Crippen LogP contribution >= 0.6 is 0 Å². The number of amides is 3. The quantitative estimate of drug-likeness (QED) is 0.654. The minimum atomic E-state index is -0.195. The molecule has 3 aliphatic rings. The number of anilines is 1. The molecular weight excluding hydrogens is 342 g/mol. The Kier molecular flexibility index (Phi) is 5.63. The summed E-state index contributed by atoms with van der Waals surface area (Å²) in [5, 5.41) is 2.89. The largest absolute Gasteiger partial charge is 0.334 e. The summed E-state index contributed by atoms with van der Waals surface area (Å²) < 4.78 is 0. The minimum Gasteiger partial charge on any atom is -0.334 e. The molecule has 2 atom stereocenters. The highest BCUT2D eigenvalue weighted by atomic mass is 16.2. The maximum atomic E-state index is 12.8. The van der Waals surface area contributed by atoms with Gasteiger partial charge in [-0.3, -0.25) is 9.59 Å². The summed E-state index contributed by atoms with van der Waals surface area (Å²) in [6, 6.07) is 6.74. The van der Waals surface area contributed by atoms with Crippen molar-refractivity contribution in [1.82, 2.24) is 9.80 Å². The van der Waals surface area contributed by atoms with Crippen molar-refractivity contribution in [3.05, 3.63) is 41.5 Å². The van der Waals surface area contributed by atoms with Gasteiger partial charge in [0.2, 0.25) is 5.91 Å². The second kappa shape index (κ2) is 7.94. The molecule has 6 nitrogen and oxygen atoms in total. The van der Waals surface area contributed by atoms with Crippen LogP contribution in [0.3, 0.4) is 0 Å². The molecule has 6 heteroatoms. The number of rotatable bonds is 4. The monoisotopic (exact) mass is 369 g/mol. The first kappa shape index (κ1) is 19.1. The van der Waals surface area contributed by atoms with Crippen molar-refractivity contribution in [2.45, 2.75) is 39.7 Å². The van der Waals surface area contributed by atoms with Gasteiger partial charge < -0.3 is 15.1 Å². The van der Waals surface area contributed by atoms with Crippen LogP contribution in [0.1, 0.15) is 44.0 Å². The van der Waals surface area contributed by atoms with Crippen LogP contribution in [0.2, 0.25) is 0 Å². The Hall–Kier alpha value is -2.63. The lowest BCUT2D eigenvalue weighted by molar-refractivity contribution is -0.139. The SMILES string of the molecule is CC(=O)c1ccc(NC(=O)N2C[C@H]3CC[C@@H](C2)N(CC=C(C)C)C3=O)cc1. The van der Waals surface area contributed by atoms with Gasteiger partial charge in [-0.15, -0.1) is 0 Å². The Labute approximate surface area is 160 Å². The Balaban J connectivity index is 1.69. The van der Waals surface area contributed by atoms with Crippen molar-refractivity contribution in [2.24, 2.45) is 5.92 Å². The van der Waals surface area contributed by atoms with Gasteiger partial charge in [0, 0.05) is 36.9 Å². The van der Waals surface area contributed by atoms with Crippen LogP contribution < -0.4 is 5.32 Å². The average Bonchev–Trinajstić information content (AvgIpc) is 2.91. The molecule has 3 amide bonds. The lowest BCUT2D eigenvalue weighted by atomic mass is 9.94. The molecule has 0 aliphatic carbocycles. The molecule has 3 aliphatic heterocycles. The molecule has 27 heavy (non-hydrogen) atoms. The highest BCUT2D eigenvalue weighted by molar-refractivity contribution is 5.95. The number of nitrogens with one attached hydrogen (secondary N) is 1. The van der Waals surface area contributed by atoms with Crippen molar-refractivity contribution in [3.8, 4) is 0 Å². The average molecular weight is 369 g/mol. The summed E-state index contributed by atoms with van der Waals surface area (Å²) in [4.78, 5) is 40.5. The van der Waals surface area contributed by atoms with E-state index in [1.807, 2.05) is 18.7 Å². The molecule has 3 heterocycles. The number of nitrogens with zero attached hydrogens (tertiary/aromatic N) is 2. The topological polar surface area (TPSA) is 69.7 Å². The Morgan fingerprint density at radius 3 is 2.44 bits per heavy atom. The summed E-state index contributed by atoms with van der Waals surface area (Å²) in [5.74, 6) is 0.0250. The highest BCUT2D eigenvalue weighted by Gasteiger charge is 2.41. The van der Waals surface area contributed by atoms with Gasteiger partial charge in [0.25, 0.3) is 0 Å². The standard InChI is InChI=1S/C21H27N3O3/c1-14(2)10-11-24-19-9-6-17(20(24)26)12-23(13-19)21(27)22-18-7-4-16(5-8-18)15(3)25/h4-5,7-8,10,17,19H,6,9,11-13H2,1-3H3,(H,22,27)/t17-,19+/m1/s1. The zero-order valence-electron chi connectivity index (χ0n) is 16.2. The lowest BCUT2D eigenvalue weighted by Gasteiger charge is -2.35. The lowest BCUT2D eigenvalue weighted by Crippen LogP contribution is -2.48. The second-order valence-electron chi connectivity index (χ2n) is 7.67. The van der Waals surface area contributed by atoms with E-state index in [-0.39, 0.29) is 29.7 Å². The van der Waals surface area contributed by atoms with Gasteiger partial charge in [-0.2, -0.15) is 0 Å². The third kappa shape index (κ3) is 4.38. The van der Waals surface area contributed by atoms with Crippen LogP contribution in [-0.2, 0) is 4.79 Å². The molecule has 1 N–H and O–H groups in total. The first-order valence-corrected chi connectivity index (χ1v) is 9.46. The zero-order chi connectivity index (χ0) is 19.6. The smallest absolute Gasteiger partial charge is 0.321 e. The van der Waals surface area contributed by atoms with Crippen LogP contribution in [-0.4, -0.2) is 53.2 Å². The first-order chi connectivity index (χ1) is 12.8. The number of benzene rings is 1. The maximum absolute atomic E-state index is 12.8. The molecule has 4 rings (SSSR count). The fourth-order valence-corrected chi connectivity index (χ4v) is 3.72. The number of piperidine rings is 1. The molecule has 3 saturated heterocycles. The van der Waals surface area contributed by atoms with Crippen LogP contribution in [0.5, 0.6) is 0 Å². The van der Waals surface area contributed by atoms with E-state index in [1.165, 1.54) is 12.5 Å². The molecule has 3 fully saturated rings. The molecule has 0 aromatic heterocycles. The van der Waals surface area contributed by atoms with E-state index in [0.717, 1.165) is 12.8 Å². The van der Waals surface area contributed by atoms with Crippen molar-refractivity contribution in [3.63, 3.8) is 0 Å². The number of ketones is 1. The summed E-state index contributed by atoms with van der Waals surface area (Å²) in [5.41, 5.74) is 2.45. The maximum Gasteiger partial charge on any atom is 0.321 e. The fraction of sp³-hybridized carbons (Fsp3) is 0.476. The molecule has 0 radical (unpaired) electrons. The van der Waals surface area contributed by atoms with Crippen LogP contribution in [0, 0.1) is 5.92 Å². The van der Waals surface area contributed by atoms with Gasteiger partial charge in [0.05, 0.1) is 5.92 Å². The Bertz CT molecular complexity index is 765. The number of Topliss-reactive ketones (excluding diaryl/α,β-unsaturated/α-hetero) is 1. The van der Waals surface area contributed by atoms with E-state index in [0.29, 0.717) is 30.9 Å². The van der Waals surface area contributed by atoms with Crippen molar-refractivity contribution < 1.29 is 14.4 Å². The second-order valence-corrected chi connectivity index (χ2v) is 7.67. The molecule has 144 valence electrons. The number of carbonyl (C=O) groups is 3. The normalized spacial score (nSPS) is 21.7. The van der Waals surface area contributed by atoms with E-state index in [1.54, 1.807) is 29.2 Å². The van der Waals surface area contributed by atoms with E-state index in [9.17, 15) is 14.4 Å². The van der Waals surface area contributed by atoms with E-state index >= 15 is 0 Å². The molecule has 1 aromatic carbocycles. The molecule has 2 bridgehead atoms. The van der Waals surface area contributed by atoms with Gasteiger partial charge >= 0.3 is 6.03 Å². The van der Waals surface area contributed by atoms with E-state index < -0.39 is 0 Å². The number of hydrogen-bond acceptors (Lipinski definition) is 3. The van der Waals surface area contributed by atoms with Gasteiger partial charge in [-0.25, -0.2) is 4.79 Å².